The number of nitrogens with zero attached hydrogens (tertiary/aromatic N) is 3. The highest BCUT2D eigenvalue weighted by molar-refractivity contribution is 5.72. The van der Waals surface area contributed by atoms with Crippen molar-refractivity contribution in [3.63, 3.8) is 0 Å². The van der Waals surface area contributed by atoms with Crippen molar-refractivity contribution in [2.75, 3.05) is 13.3 Å². The zero-order valence-corrected chi connectivity index (χ0v) is 19.5. The summed E-state index contributed by atoms with van der Waals surface area (Å²) in [4.78, 5) is 29.7. The van der Waals surface area contributed by atoms with Gasteiger partial charge in [0.25, 0.3) is 0 Å². The first-order valence-electron chi connectivity index (χ1n) is 11.0. The standard InChI is InChI=1S/C23H35FN4O3/c1-22(2,3)14-28-17-8-7-16(25-19(17)27(6)21(28)30)15-9-10-23(4,5)18(13-15)26-20(29)31-12-11-24/h7-8,15,18H,9-14H2,1-6H3,(H,26,29). The second-order valence-corrected chi connectivity index (χ2v) is 10.5. The van der Waals surface area contributed by atoms with Crippen LogP contribution in [0.25, 0.3) is 11.2 Å². The topological polar surface area (TPSA) is 78.2 Å². The Hall–Kier alpha value is -2.38. The number of hydrogen-bond donors (Lipinski definition) is 1. The van der Waals surface area contributed by atoms with Gasteiger partial charge in [0.2, 0.25) is 0 Å². The zero-order chi connectivity index (χ0) is 23.0. The molecule has 2 unspecified atom stereocenters. The fourth-order valence-electron chi connectivity index (χ4n) is 4.42. The molecule has 2 atom stereocenters. The van der Waals surface area contributed by atoms with Crippen molar-refractivity contribution in [1.29, 1.82) is 0 Å². The molecule has 172 valence electrons. The smallest absolute Gasteiger partial charge is 0.407 e. The number of fused-ring (bicyclic) bond motifs is 1. The molecule has 2 aromatic heterocycles. The minimum absolute atomic E-state index is 0.0264. The predicted octanol–water partition coefficient (Wildman–Crippen LogP) is 4.14. The van der Waals surface area contributed by atoms with Gasteiger partial charge in [-0.1, -0.05) is 34.6 Å². The number of aromatic nitrogens is 3. The molecule has 1 N–H and O–H groups in total. The van der Waals surface area contributed by atoms with Crippen molar-refractivity contribution < 1.29 is 13.9 Å². The molecular formula is C23H35FN4O3. The number of alkyl halides is 1. The van der Waals surface area contributed by atoms with E-state index in [-0.39, 0.29) is 35.1 Å². The average Bonchev–Trinajstić information content (AvgIpc) is 2.91. The summed E-state index contributed by atoms with van der Waals surface area (Å²) < 4.78 is 20.6. The van der Waals surface area contributed by atoms with Crippen LogP contribution in [0, 0.1) is 10.8 Å². The molecule has 0 bridgehead atoms. The SMILES string of the molecule is Cn1c(=O)n(CC(C)(C)C)c2ccc(C3CCC(C)(C)C(NC(=O)OCCF)C3)nc21. The second-order valence-electron chi connectivity index (χ2n) is 10.5. The lowest BCUT2D eigenvalue weighted by atomic mass is 9.68. The first-order chi connectivity index (χ1) is 14.4. The molecular weight excluding hydrogens is 399 g/mol. The summed E-state index contributed by atoms with van der Waals surface area (Å²) >= 11 is 0. The average molecular weight is 435 g/mol. The number of alkyl carbamates (subject to hydrolysis) is 1. The van der Waals surface area contributed by atoms with Crippen molar-refractivity contribution >= 4 is 17.3 Å². The van der Waals surface area contributed by atoms with Crippen molar-refractivity contribution in [2.45, 2.75) is 72.4 Å². The number of carbonyl (C=O) groups is 1. The number of amides is 1. The molecule has 1 amide bonds. The molecule has 0 aliphatic heterocycles. The first kappa shape index (κ1) is 23.3. The van der Waals surface area contributed by atoms with Crippen LogP contribution in [-0.2, 0) is 18.3 Å². The summed E-state index contributed by atoms with van der Waals surface area (Å²) in [6.45, 7) is 10.3. The van der Waals surface area contributed by atoms with Gasteiger partial charge in [0.15, 0.2) is 5.65 Å². The molecule has 0 radical (unpaired) electrons. The number of imidazole rings is 1. The van der Waals surface area contributed by atoms with Gasteiger partial charge < -0.3 is 10.1 Å². The molecule has 1 aliphatic rings. The lowest BCUT2D eigenvalue weighted by Crippen LogP contribution is -2.48. The van der Waals surface area contributed by atoms with Crippen molar-refractivity contribution in [3.8, 4) is 0 Å². The summed E-state index contributed by atoms with van der Waals surface area (Å²) in [5.41, 5.74) is 2.26. The van der Waals surface area contributed by atoms with E-state index in [2.05, 4.69) is 39.9 Å². The van der Waals surface area contributed by atoms with Gasteiger partial charge in [0, 0.05) is 31.2 Å². The van der Waals surface area contributed by atoms with Crippen LogP contribution in [0.1, 0.15) is 65.5 Å². The van der Waals surface area contributed by atoms with Gasteiger partial charge >= 0.3 is 11.8 Å². The Morgan fingerprint density at radius 2 is 2.06 bits per heavy atom. The van der Waals surface area contributed by atoms with E-state index < -0.39 is 12.8 Å². The van der Waals surface area contributed by atoms with Gasteiger partial charge in [-0.3, -0.25) is 9.13 Å². The third kappa shape index (κ3) is 5.10. The van der Waals surface area contributed by atoms with E-state index >= 15 is 0 Å². The van der Waals surface area contributed by atoms with Crippen LogP contribution >= 0.6 is 0 Å². The normalized spacial score (nSPS) is 21.3. The van der Waals surface area contributed by atoms with E-state index in [0.717, 1.165) is 24.1 Å². The molecule has 0 saturated heterocycles. The summed E-state index contributed by atoms with van der Waals surface area (Å²) in [5, 5.41) is 2.92. The fourth-order valence-corrected chi connectivity index (χ4v) is 4.42. The Kier molecular flexibility index (Phi) is 6.48. The highest BCUT2D eigenvalue weighted by atomic mass is 19.1. The summed E-state index contributed by atoms with van der Waals surface area (Å²) in [5.74, 6) is 0.157. The van der Waals surface area contributed by atoms with E-state index in [1.807, 2.05) is 12.1 Å². The molecule has 8 heteroatoms. The Labute approximate surface area is 183 Å². The van der Waals surface area contributed by atoms with Gasteiger partial charge in [-0.05, 0) is 42.2 Å². The van der Waals surface area contributed by atoms with Crippen LogP contribution in [-0.4, -0.2) is 39.5 Å². The zero-order valence-electron chi connectivity index (χ0n) is 19.5. The molecule has 1 fully saturated rings. The Morgan fingerprint density at radius 3 is 2.71 bits per heavy atom. The number of rotatable bonds is 5. The Balaban J connectivity index is 1.87. The third-order valence-electron chi connectivity index (χ3n) is 6.26. The van der Waals surface area contributed by atoms with E-state index in [0.29, 0.717) is 18.6 Å². The quantitative estimate of drug-likeness (QED) is 0.767. The number of ether oxygens (including phenoxy) is 1. The summed E-state index contributed by atoms with van der Waals surface area (Å²) in [6.07, 6.45) is 1.99. The van der Waals surface area contributed by atoms with Crippen LogP contribution in [0.15, 0.2) is 16.9 Å². The molecule has 2 heterocycles. The first-order valence-corrected chi connectivity index (χ1v) is 11.0. The highest BCUT2D eigenvalue weighted by Gasteiger charge is 2.38. The van der Waals surface area contributed by atoms with Crippen molar-refractivity contribution in [1.82, 2.24) is 19.4 Å². The number of aryl methyl sites for hydroxylation is 1. The van der Waals surface area contributed by atoms with E-state index in [1.165, 1.54) is 0 Å². The van der Waals surface area contributed by atoms with E-state index in [4.69, 9.17) is 9.72 Å². The summed E-state index contributed by atoms with van der Waals surface area (Å²) in [7, 11) is 1.76. The Morgan fingerprint density at radius 1 is 1.35 bits per heavy atom. The van der Waals surface area contributed by atoms with Crippen molar-refractivity contribution in [3.05, 3.63) is 28.3 Å². The van der Waals surface area contributed by atoms with Crippen LogP contribution in [0.5, 0.6) is 0 Å². The van der Waals surface area contributed by atoms with E-state index in [1.54, 1.807) is 16.2 Å². The molecule has 1 saturated carbocycles. The fraction of sp³-hybridized carbons (Fsp3) is 0.696. The summed E-state index contributed by atoms with van der Waals surface area (Å²) in [6, 6.07) is 3.88. The predicted molar refractivity (Wildman–Crippen MR) is 119 cm³/mol. The number of hydrogen-bond acceptors (Lipinski definition) is 4. The largest absolute Gasteiger partial charge is 0.447 e. The molecule has 1 aliphatic carbocycles. The van der Waals surface area contributed by atoms with Gasteiger partial charge in [-0.25, -0.2) is 19.0 Å². The molecule has 0 spiro atoms. The Bertz CT molecular complexity index is 1000. The maximum absolute atomic E-state index is 12.8. The minimum atomic E-state index is -0.693. The molecule has 2 aromatic rings. The molecule has 31 heavy (non-hydrogen) atoms. The number of pyridine rings is 1. The minimum Gasteiger partial charge on any atom is -0.447 e. The molecule has 7 nitrogen and oxygen atoms in total. The van der Waals surface area contributed by atoms with Crippen LogP contribution in [0.4, 0.5) is 9.18 Å². The van der Waals surface area contributed by atoms with Crippen LogP contribution < -0.4 is 11.0 Å². The maximum Gasteiger partial charge on any atom is 0.407 e. The number of carbonyl (C=O) groups excluding carboxylic acids is 1. The monoisotopic (exact) mass is 434 g/mol. The molecule has 3 rings (SSSR count). The van der Waals surface area contributed by atoms with E-state index in [9.17, 15) is 14.0 Å². The van der Waals surface area contributed by atoms with Gasteiger partial charge in [0.05, 0.1) is 5.52 Å². The highest BCUT2D eigenvalue weighted by Crippen LogP contribution is 2.42. The third-order valence-corrected chi connectivity index (χ3v) is 6.26. The maximum atomic E-state index is 12.8. The number of nitrogens with one attached hydrogen (secondary N) is 1. The lowest BCUT2D eigenvalue weighted by Gasteiger charge is -2.42. The van der Waals surface area contributed by atoms with Crippen molar-refractivity contribution in [2.24, 2.45) is 17.9 Å². The van der Waals surface area contributed by atoms with Crippen LogP contribution in [0.3, 0.4) is 0 Å². The lowest BCUT2D eigenvalue weighted by molar-refractivity contribution is 0.106. The van der Waals surface area contributed by atoms with Crippen LogP contribution in [0.2, 0.25) is 0 Å². The van der Waals surface area contributed by atoms with Gasteiger partial charge in [0.1, 0.15) is 13.3 Å². The second kappa shape index (κ2) is 8.63. The number of halogens is 1. The van der Waals surface area contributed by atoms with Gasteiger partial charge in [-0.15, -0.1) is 0 Å². The molecule has 0 aromatic carbocycles. The van der Waals surface area contributed by atoms with Gasteiger partial charge in [-0.2, -0.15) is 0 Å².